The Hall–Kier alpha value is 0.440. The molecule has 0 aromatic rings. The molecule has 1 aliphatic heterocycles. The highest BCUT2D eigenvalue weighted by atomic mass is 79.9. The molecule has 1 unspecified atom stereocenters. The first-order valence-corrected chi connectivity index (χ1v) is 5.16. The maximum atomic E-state index is 3.53. The largest absolute Gasteiger partial charge is 0.301 e. The molecule has 0 saturated carbocycles. The third-order valence-electron chi connectivity index (χ3n) is 2.27. The van der Waals surface area contributed by atoms with Crippen LogP contribution in [-0.4, -0.2) is 29.4 Å². The summed E-state index contributed by atoms with van der Waals surface area (Å²) in [5.41, 5.74) is 0. The summed E-state index contributed by atoms with van der Waals surface area (Å²) in [6.45, 7) is 7.14. The van der Waals surface area contributed by atoms with E-state index in [0.717, 1.165) is 12.0 Å². The van der Waals surface area contributed by atoms with Gasteiger partial charge in [0, 0.05) is 17.9 Å². The van der Waals surface area contributed by atoms with Crippen molar-refractivity contribution in [2.75, 3.05) is 18.4 Å². The van der Waals surface area contributed by atoms with Crippen molar-refractivity contribution >= 4 is 15.9 Å². The van der Waals surface area contributed by atoms with Gasteiger partial charge in [0.05, 0.1) is 0 Å². The van der Waals surface area contributed by atoms with E-state index >= 15 is 0 Å². The van der Waals surface area contributed by atoms with Crippen molar-refractivity contribution in [1.82, 2.24) is 4.90 Å². The number of hydrogen-bond donors (Lipinski definition) is 0. The van der Waals surface area contributed by atoms with E-state index < -0.39 is 0 Å². The first kappa shape index (κ1) is 8.54. The van der Waals surface area contributed by atoms with E-state index in [1.165, 1.54) is 24.8 Å². The van der Waals surface area contributed by atoms with Crippen LogP contribution in [0.5, 0.6) is 0 Å². The van der Waals surface area contributed by atoms with Gasteiger partial charge in [-0.3, -0.25) is 0 Å². The quantitative estimate of drug-likeness (QED) is 0.625. The zero-order valence-corrected chi connectivity index (χ0v) is 8.39. The molecule has 1 aliphatic rings. The summed E-state index contributed by atoms with van der Waals surface area (Å²) >= 11 is 3.53. The molecule has 0 aromatic heterocycles. The molecule has 0 radical (unpaired) electrons. The van der Waals surface area contributed by atoms with E-state index in [1.54, 1.807) is 0 Å². The molecule has 0 spiro atoms. The summed E-state index contributed by atoms with van der Waals surface area (Å²) in [5, 5.41) is 1.18. The molecule has 1 heterocycles. The summed E-state index contributed by atoms with van der Waals surface area (Å²) in [4.78, 5) is 2.55. The lowest BCUT2D eigenvalue weighted by Gasteiger charge is -2.19. The van der Waals surface area contributed by atoms with Gasteiger partial charge in [0.1, 0.15) is 0 Å². The summed E-state index contributed by atoms with van der Waals surface area (Å²) in [7, 11) is 0. The van der Waals surface area contributed by atoms with E-state index in [1.807, 2.05) is 0 Å². The molecule has 10 heavy (non-hydrogen) atoms. The molecule has 0 bridgehead atoms. The second kappa shape index (κ2) is 3.72. The first-order valence-electron chi connectivity index (χ1n) is 4.04. The van der Waals surface area contributed by atoms with Crippen LogP contribution < -0.4 is 0 Å². The van der Waals surface area contributed by atoms with Gasteiger partial charge in [-0.2, -0.15) is 0 Å². The summed E-state index contributed by atoms with van der Waals surface area (Å²) in [6, 6.07) is 0.740. The molecule has 1 rings (SSSR count). The Labute approximate surface area is 71.9 Å². The summed E-state index contributed by atoms with van der Waals surface area (Å²) in [5.74, 6) is 0.905. The Morgan fingerprint density at radius 1 is 1.60 bits per heavy atom. The number of nitrogens with zero attached hydrogens (tertiary/aromatic N) is 1. The number of rotatable bonds is 2. The van der Waals surface area contributed by atoms with Gasteiger partial charge >= 0.3 is 0 Å². The SMILES string of the molecule is CC(C)N1CCC(CBr)C1. The first-order chi connectivity index (χ1) is 4.74. The Morgan fingerprint density at radius 2 is 2.30 bits per heavy atom. The van der Waals surface area contributed by atoms with Crippen molar-refractivity contribution in [3.8, 4) is 0 Å². The normalized spacial score (nSPS) is 28.2. The summed E-state index contributed by atoms with van der Waals surface area (Å²) in [6.07, 6.45) is 1.38. The van der Waals surface area contributed by atoms with E-state index in [0.29, 0.717) is 0 Å². The lowest BCUT2D eigenvalue weighted by Crippen LogP contribution is -2.28. The van der Waals surface area contributed by atoms with Gasteiger partial charge in [0.15, 0.2) is 0 Å². The van der Waals surface area contributed by atoms with Crippen LogP contribution in [0.1, 0.15) is 20.3 Å². The minimum atomic E-state index is 0.740. The van der Waals surface area contributed by atoms with Crippen LogP contribution in [0.25, 0.3) is 0 Å². The van der Waals surface area contributed by atoms with E-state index in [2.05, 4.69) is 34.7 Å². The lowest BCUT2D eigenvalue weighted by molar-refractivity contribution is 0.268. The fourth-order valence-electron chi connectivity index (χ4n) is 1.46. The molecule has 1 nitrogen and oxygen atoms in total. The Bertz CT molecular complexity index is 103. The topological polar surface area (TPSA) is 3.24 Å². The van der Waals surface area contributed by atoms with Crippen LogP contribution in [0.3, 0.4) is 0 Å². The molecular formula is C8H16BrN. The maximum Gasteiger partial charge on any atom is 0.00723 e. The second-order valence-corrected chi connectivity index (χ2v) is 4.05. The third-order valence-corrected chi connectivity index (χ3v) is 3.18. The number of hydrogen-bond acceptors (Lipinski definition) is 1. The van der Waals surface area contributed by atoms with Gasteiger partial charge in [0.25, 0.3) is 0 Å². The van der Waals surface area contributed by atoms with Crippen molar-refractivity contribution in [3.63, 3.8) is 0 Å². The average molecular weight is 206 g/mol. The second-order valence-electron chi connectivity index (χ2n) is 3.40. The molecule has 1 fully saturated rings. The lowest BCUT2D eigenvalue weighted by atomic mass is 10.2. The van der Waals surface area contributed by atoms with Crippen LogP contribution in [0.15, 0.2) is 0 Å². The third kappa shape index (κ3) is 1.96. The fraction of sp³-hybridized carbons (Fsp3) is 1.00. The van der Waals surface area contributed by atoms with Gasteiger partial charge in [-0.15, -0.1) is 0 Å². The average Bonchev–Trinajstić information content (AvgIpc) is 2.34. The van der Waals surface area contributed by atoms with Gasteiger partial charge in [-0.25, -0.2) is 0 Å². The van der Waals surface area contributed by atoms with Crippen LogP contribution >= 0.6 is 15.9 Å². The van der Waals surface area contributed by atoms with Crippen LogP contribution in [0.2, 0.25) is 0 Å². The Morgan fingerprint density at radius 3 is 2.60 bits per heavy atom. The van der Waals surface area contributed by atoms with Crippen LogP contribution in [0.4, 0.5) is 0 Å². The molecule has 1 atom stereocenters. The van der Waals surface area contributed by atoms with E-state index in [-0.39, 0.29) is 0 Å². The highest BCUT2D eigenvalue weighted by Gasteiger charge is 2.22. The predicted molar refractivity (Wildman–Crippen MR) is 48.6 cm³/mol. The molecule has 2 heteroatoms. The van der Waals surface area contributed by atoms with Gasteiger partial charge in [-0.05, 0) is 32.7 Å². The maximum absolute atomic E-state index is 3.53. The summed E-state index contributed by atoms with van der Waals surface area (Å²) < 4.78 is 0. The molecule has 0 N–H and O–H groups in total. The van der Waals surface area contributed by atoms with E-state index in [4.69, 9.17) is 0 Å². The standard InChI is InChI=1S/C8H16BrN/c1-7(2)10-4-3-8(5-9)6-10/h7-8H,3-6H2,1-2H3. The van der Waals surface area contributed by atoms with Crippen LogP contribution in [-0.2, 0) is 0 Å². The predicted octanol–water partition coefficient (Wildman–Crippen LogP) is 2.11. The molecule has 0 aromatic carbocycles. The van der Waals surface area contributed by atoms with Crippen molar-refractivity contribution in [3.05, 3.63) is 0 Å². The fourth-order valence-corrected chi connectivity index (χ4v) is 1.99. The smallest absolute Gasteiger partial charge is 0.00723 e. The van der Waals surface area contributed by atoms with Crippen LogP contribution in [0, 0.1) is 5.92 Å². The number of alkyl halides is 1. The monoisotopic (exact) mass is 205 g/mol. The Kier molecular flexibility index (Phi) is 3.18. The molecule has 60 valence electrons. The molecular weight excluding hydrogens is 190 g/mol. The highest BCUT2D eigenvalue weighted by Crippen LogP contribution is 2.19. The minimum absolute atomic E-state index is 0.740. The minimum Gasteiger partial charge on any atom is -0.301 e. The van der Waals surface area contributed by atoms with Crippen molar-refractivity contribution in [1.29, 1.82) is 0 Å². The Balaban J connectivity index is 2.28. The van der Waals surface area contributed by atoms with Crippen molar-refractivity contribution in [2.24, 2.45) is 5.92 Å². The molecule has 1 saturated heterocycles. The zero-order valence-electron chi connectivity index (χ0n) is 6.81. The molecule has 0 aliphatic carbocycles. The number of halogens is 1. The highest BCUT2D eigenvalue weighted by molar-refractivity contribution is 9.09. The zero-order chi connectivity index (χ0) is 7.56. The van der Waals surface area contributed by atoms with E-state index in [9.17, 15) is 0 Å². The van der Waals surface area contributed by atoms with Crippen molar-refractivity contribution < 1.29 is 0 Å². The molecule has 0 amide bonds. The van der Waals surface area contributed by atoms with Gasteiger partial charge in [-0.1, -0.05) is 15.9 Å². The van der Waals surface area contributed by atoms with Gasteiger partial charge in [0.2, 0.25) is 0 Å². The van der Waals surface area contributed by atoms with Crippen molar-refractivity contribution in [2.45, 2.75) is 26.3 Å². The van der Waals surface area contributed by atoms with Gasteiger partial charge < -0.3 is 4.90 Å². The number of likely N-dealkylation sites (tertiary alicyclic amines) is 1.